The van der Waals surface area contributed by atoms with E-state index in [1.807, 2.05) is 13.8 Å². The molecule has 0 bridgehead atoms. The van der Waals surface area contributed by atoms with E-state index in [-0.39, 0.29) is 6.10 Å². The lowest BCUT2D eigenvalue weighted by molar-refractivity contribution is -0.146. The van der Waals surface area contributed by atoms with Crippen molar-refractivity contribution in [2.45, 2.75) is 58.6 Å². The van der Waals surface area contributed by atoms with Gasteiger partial charge in [0.25, 0.3) is 0 Å². The van der Waals surface area contributed by atoms with Gasteiger partial charge in [-0.2, -0.15) is 0 Å². The van der Waals surface area contributed by atoms with Crippen LogP contribution >= 0.6 is 0 Å². The maximum absolute atomic E-state index is 11.3. The first-order valence-electron chi connectivity index (χ1n) is 7.14. The van der Waals surface area contributed by atoms with Crippen LogP contribution in [-0.2, 0) is 14.3 Å². The molecule has 2 N–H and O–H groups in total. The molecule has 0 aromatic rings. The normalized spacial score (nSPS) is 16.0. The third-order valence-electron chi connectivity index (χ3n) is 3.01. The number of ether oxygens (including phenoxy) is 2. The summed E-state index contributed by atoms with van der Waals surface area (Å²) in [6.45, 7) is 10.1. The Morgan fingerprint density at radius 1 is 1.32 bits per heavy atom. The molecule has 5 nitrogen and oxygen atoms in total. The van der Waals surface area contributed by atoms with Crippen molar-refractivity contribution in [1.29, 1.82) is 0 Å². The quantitative estimate of drug-likeness (QED) is 0.534. The second-order valence-electron chi connectivity index (χ2n) is 5.02. The molecular weight excluding hydrogens is 246 g/mol. The van der Waals surface area contributed by atoms with Gasteiger partial charge >= 0.3 is 5.97 Å². The fourth-order valence-corrected chi connectivity index (χ4v) is 1.92. The van der Waals surface area contributed by atoms with E-state index in [1.165, 1.54) is 0 Å². The first-order valence-corrected chi connectivity index (χ1v) is 7.14. The molecular formula is C14H29NO4. The number of hydrogen-bond donors (Lipinski definition) is 2. The Morgan fingerprint density at radius 2 is 2.00 bits per heavy atom. The molecule has 0 amide bonds. The molecule has 5 heteroatoms. The van der Waals surface area contributed by atoms with Gasteiger partial charge < -0.3 is 19.9 Å². The molecule has 0 fully saturated rings. The van der Waals surface area contributed by atoms with E-state index in [9.17, 15) is 9.90 Å². The zero-order valence-electron chi connectivity index (χ0n) is 12.7. The van der Waals surface area contributed by atoms with Gasteiger partial charge in [0.2, 0.25) is 0 Å². The number of nitrogens with one attached hydrogen (secondary N) is 1. The van der Waals surface area contributed by atoms with Gasteiger partial charge in [0.05, 0.1) is 19.3 Å². The molecule has 0 saturated heterocycles. The molecule has 0 saturated carbocycles. The van der Waals surface area contributed by atoms with E-state index in [0.29, 0.717) is 26.2 Å². The maximum atomic E-state index is 11.3. The lowest BCUT2D eigenvalue weighted by atomic mass is 9.95. The van der Waals surface area contributed by atoms with Crippen molar-refractivity contribution in [3.63, 3.8) is 0 Å². The van der Waals surface area contributed by atoms with Crippen LogP contribution in [0.4, 0.5) is 0 Å². The fraction of sp³-hybridized carbons (Fsp3) is 0.929. The van der Waals surface area contributed by atoms with Gasteiger partial charge in [-0.25, -0.2) is 0 Å². The number of carbonyl (C=O) groups is 1. The Hall–Kier alpha value is -0.650. The number of unbranched alkanes of at least 4 members (excludes halogenated alkanes) is 1. The Balaban J connectivity index is 3.87. The van der Waals surface area contributed by atoms with Gasteiger partial charge in [-0.15, -0.1) is 0 Å². The summed E-state index contributed by atoms with van der Waals surface area (Å²) < 4.78 is 11.0. The number of aliphatic carboxylic acids is 1. The molecule has 0 aromatic heterocycles. The highest BCUT2D eigenvalue weighted by Gasteiger charge is 2.33. The van der Waals surface area contributed by atoms with Crippen molar-refractivity contribution < 1.29 is 19.4 Å². The minimum atomic E-state index is -0.933. The Morgan fingerprint density at radius 3 is 2.53 bits per heavy atom. The molecule has 0 spiro atoms. The minimum Gasteiger partial charge on any atom is -0.480 e. The highest BCUT2D eigenvalue weighted by atomic mass is 16.5. The van der Waals surface area contributed by atoms with Gasteiger partial charge in [0, 0.05) is 13.0 Å². The summed E-state index contributed by atoms with van der Waals surface area (Å²) in [4.78, 5) is 11.3. The van der Waals surface area contributed by atoms with Gasteiger partial charge in [-0.05, 0) is 26.8 Å². The van der Waals surface area contributed by atoms with Crippen LogP contribution < -0.4 is 5.32 Å². The maximum Gasteiger partial charge on any atom is 0.323 e. The fourth-order valence-electron chi connectivity index (χ4n) is 1.92. The minimum absolute atomic E-state index is 0.116. The molecule has 0 aromatic carbocycles. The van der Waals surface area contributed by atoms with Crippen LogP contribution in [0.3, 0.4) is 0 Å². The predicted octanol–water partition coefficient (Wildman–Crippen LogP) is 2.05. The number of rotatable bonds is 12. The first kappa shape index (κ1) is 18.4. The van der Waals surface area contributed by atoms with Crippen LogP contribution in [0.25, 0.3) is 0 Å². The Kier molecular flexibility index (Phi) is 9.83. The third-order valence-corrected chi connectivity index (χ3v) is 3.01. The summed E-state index contributed by atoms with van der Waals surface area (Å²) >= 11 is 0. The summed E-state index contributed by atoms with van der Waals surface area (Å²) in [5.74, 6) is -0.844. The molecule has 0 rings (SSSR count). The molecule has 0 aliphatic heterocycles. The van der Waals surface area contributed by atoms with E-state index >= 15 is 0 Å². The molecule has 0 aliphatic rings. The average molecular weight is 275 g/mol. The van der Waals surface area contributed by atoms with E-state index in [1.54, 1.807) is 6.92 Å². The van der Waals surface area contributed by atoms with Crippen LogP contribution in [0.5, 0.6) is 0 Å². The lowest BCUT2D eigenvalue weighted by Crippen LogP contribution is -2.51. The van der Waals surface area contributed by atoms with Crippen molar-refractivity contribution in [3.8, 4) is 0 Å². The largest absolute Gasteiger partial charge is 0.480 e. The summed E-state index contributed by atoms with van der Waals surface area (Å²) in [6.07, 6.45) is 2.50. The predicted molar refractivity (Wildman–Crippen MR) is 75.5 cm³/mol. The monoisotopic (exact) mass is 275 g/mol. The average Bonchev–Trinajstić information content (AvgIpc) is 2.33. The van der Waals surface area contributed by atoms with Gasteiger partial charge in [0.15, 0.2) is 0 Å². The van der Waals surface area contributed by atoms with Gasteiger partial charge in [-0.3, -0.25) is 4.79 Å². The highest BCUT2D eigenvalue weighted by molar-refractivity contribution is 5.78. The highest BCUT2D eigenvalue weighted by Crippen LogP contribution is 2.15. The second-order valence-corrected chi connectivity index (χ2v) is 5.02. The molecule has 114 valence electrons. The van der Waals surface area contributed by atoms with Crippen LogP contribution in [0.15, 0.2) is 0 Å². The van der Waals surface area contributed by atoms with Crippen molar-refractivity contribution in [3.05, 3.63) is 0 Å². The molecule has 2 atom stereocenters. The number of carboxylic acid groups (broad SMARTS) is 1. The summed E-state index contributed by atoms with van der Waals surface area (Å²) in [7, 11) is 0. The molecule has 19 heavy (non-hydrogen) atoms. The second kappa shape index (κ2) is 10.2. The first-order chi connectivity index (χ1) is 8.96. The van der Waals surface area contributed by atoms with E-state index in [0.717, 1.165) is 19.4 Å². The van der Waals surface area contributed by atoms with Crippen LogP contribution in [-0.4, -0.2) is 49.1 Å². The molecule has 0 aliphatic carbocycles. The number of carboxylic acids is 1. The summed E-state index contributed by atoms with van der Waals surface area (Å²) in [6, 6.07) is 0. The zero-order valence-corrected chi connectivity index (χ0v) is 12.7. The van der Waals surface area contributed by atoms with Crippen molar-refractivity contribution in [1.82, 2.24) is 5.32 Å². The third kappa shape index (κ3) is 8.18. The standard InChI is InChI=1S/C14H29NO4/c1-5-7-8-18-9-10-19-12(3)11-14(4,13(16)17)15-6-2/h12,15H,5-11H2,1-4H3,(H,16,17). The number of likely N-dealkylation sites (N-methyl/N-ethyl adjacent to an activating group) is 1. The molecule has 0 radical (unpaired) electrons. The lowest BCUT2D eigenvalue weighted by Gasteiger charge is -2.28. The van der Waals surface area contributed by atoms with Crippen LogP contribution in [0.2, 0.25) is 0 Å². The molecule has 2 unspecified atom stereocenters. The Labute approximate surface area is 116 Å². The number of hydrogen-bond acceptors (Lipinski definition) is 4. The molecule has 0 heterocycles. The SMILES string of the molecule is CCCCOCCOC(C)CC(C)(NCC)C(=O)O. The van der Waals surface area contributed by atoms with E-state index < -0.39 is 11.5 Å². The van der Waals surface area contributed by atoms with Crippen molar-refractivity contribution >= 4 is 5.97 Å². The van der Waals surface area contributed by atoms with E-state index in [2.05, 4.69) is 12.2 Å². The summed E-state index contributed by atoms with van der Waals surface area (Å²) in [5, 5.41) is 12.2. The van der Waals surface area contributed by atoms with E-state index in [4.69, 9.17) is 9.47 Å². The van der Waals surface area contributed by atoms with Crippen LogP contribution in [0, 0.1) is 0 Å². The zero-order chi connectivity index (χ0) is 14.7. The van der Waals surface area contributed by atoms with Crippen LogP contribution in [0.1, 0.15) is 47.0 Å². The van der Waals surface area contributed by atoms with Crippen molar-refractivity contribution in [2.24, 2.45) is 0 Å². The summed E-state index contributed by atoms with van der Waals surface area (Å²) in [5.41, 5.74) is -0.933. The van der Waals surface area contributed by atoms with Gasteiger partial charge in [-0.1, -0.05) is 20.3 Å². The van der Waals surface area contributed by atoms with Gasteiger partial charge in [0.1, 0.15) is 5.54 Å². The Bertz CT molecular complexity index is 248. The van der Waals surface area contributed by atoms with Crippen molar-refractivity contribution in [2.75, 3.05) is 26.4 Å². The smallest absolute Gasteiger partial charge is 0.323 e. The topological polar surface area (TPSA) is 67.8 Å².